The van der Waals surface area contributed by atoms with E-state index in [1.54, 1.807) is 6.07 Å². The third kappa shape index (κ3) is 4.31. The number of benzene rings is 2. The van der Waals surface area contributed by atoms with Gasteiger partial charge in [0.15, 0.2) is 9.84 Å². The second kappa shape index (κ2) is 8.68. The number of sulfone groups is 1. The lowest BCUT2D eigenvalue weighted by molar-refractivity contribution is -0.139. The lowest BCUT2D eigenvalue weighted by atomic mass is 9.92. The van der Waals surface area contributed by atoms with Crippen molar-refractivity contribution in [3.05, 3.63) is 59.4 Å². The number of nitrogens with two attached hydrogens (primary N) is 1. The van der Waals surface area contributed by atoms with Gasteiger partial charge >= 0.3 is 0 Å². The van der Waals surface area contributed by atoms with Gasteiger partial charge in [0, 0.05) is 6.61 Å². The first-order valence-corrected chi connectivity index (χ1v) is 10.8. The van der Waals surface area contributed by atoms with Crippen LogP contribution in [0, 0.1) is 12.7 Å². The Hall–Kier alpha value is -2.53. The fourth-order valence-electron chi connectivity index (χ4n) is 3.38. The van der Waals surface area contributed by atoms with Crippen LogP contribution in [0.15, 0.2) is 47.4 Å². The summed E-state index contributed by atoms with van der Waals surface area (Å²) in [6.07, 6.45) is 0.00333. The van der Waals surface area contributed by atoms with E-state index in [-0.39, 0.29) is 37.0 Å². The molecule has 1 fully saturated rings. The largest absolute Gasteiger partial charge is 0.489 e. The van der Waals surface area contributed by atoms with Crippen LogP contribution in [-0.4, -0.2) is 43.5 Å². The van der Waals surface area contributed by atoms with Crippen LogP contribution >= 0.6 is 0 Å². The van der Waals surface area contributed by atoms with Gasteiger partial charge in [-0.1, -0.05) is 6.07 Å². The molecule has 0 aliphatic carbocycles. The molecule has 3 rings (SSSR count). The molecule has 2 unspecified atom stereocenters. The standard InChI is InChI=1S/C20H23FN2O6S/c1-13-2-3-15(21)10-14(13)11-29-16-4-6-17(7-5-16)30(26,27)18-8-9-28-12-20(18,22)19(24)23-25/h2-7,10,18,25H,8-9,11-12,22H2,1H3,(H,23,24). The molecule has 10 heteroatoms. The normalized spacial score (nSPS) is 21.8. The molecule has 2 aromatic rings. The van der Waals surface area contributed by atoms with Gasteiger partial charge in [0.25, 0.3) is 5.91 Å². The summed E-state index contributed by atoms with van der Waals surface area (Å²) in [7, 11) is -4.00. The first-order valence-electron chi connectivity index (χ1n) is 9.21. The summed E-state index contributed by atoms with van der Waals surface area (Å²) in [5.74, 6) is -0.993. The van der Waals surface area contributed by atoms with Crippen molar-refractivity contribution in [3.8, 4) is 5.75 Å². The lowest BCUT2D eigenvalue weighted by Crippen LogP contribution is -2.67. The molecule has 0 bridgehead atoms. The fourth-order valence-corrected chi connectivity index (χ4v) is 5.36. The van der Waals surface area contributed by atoms with Crippen molar-refractivity contribution in [1.82, 2.24) is 5.48 Å². The molecule has 0 saturated carbocycles. The number of hydroxylamine groups is 1. The Balaban J connectivity index is 1.79. The Bertz CT molecular complexity index is 1030. The number of aryl methyl sites for hydroxylation is 1. The summed E-state index contributed by atoms with van der Waals surface area (Å²) in [5, 5.41) is 7.69. The average molecular weight is 438 g/mol. The SMILES string of the molecule is Cc1ccc(F)cc1COc1ccc(S(=O)(=O)C2CCOCC2(N)C(=O)NO)cc1. The minimum absolute atomic E-state index is 0.00333. The van der Waals surface area contributed by atoms with Gasteiger partial charge in [-0.3, -0.25) is 10.0 Å². The molecule has 2 atom stereocenters. The molecule has 8 nitrogen and oxygen atoms in total. The van der Waals surface area contributed by atoms with Gasteiger partial charge in [0.05, 0.1) is 16.8 Å². The molecule has 0 aromatic heterocycles. The summed E-state index contributed by atoms with van der Waals surface area (Å²) in [4.78, 5) is 12.0. The van der Waals surface area contributed by atoms with Crippen LogP contribution in [0.4, 0.5) is 4.39 Å². The predicted molar refractivity (Wildman–Crippen MR) is 105 cm³/mol. The third-order valence-electron chi connectivity index (χ3n) is 5.20. The van der Waals surface area contributed by atoms with Crippen LogP contribution in [0.2, 0.25) is 0 Å². The first kappa shape index (κ1) is 22.2. The van der Waals surface area contributed by atoms with Gasteiger partial charge in [-0.2, -0.15) is 0 Å². The van der Waals surface area contributed by atoms with E-state index >= 15 is 0 Å². The number of hydrogen-bond acceptors (Lipinski definition) is 7. The van der Waals surface area contributed by atoms with Crippen LogP contribution in [0.1, 0.15) is 17.5 Å². The van der Waals surface area contributed by atoms with Gasteiger partial charge in [-0.25, -0.2) is 18.3 Å². The summed E-state index contributed by atoms with van der Waals surface area (Å²) < 4.78 is 50.4. The van der Waals surface area contributed by atoms with E-state index in [2.05, 4.69) is 0 Å². The summed E-state index contributed by atoms with van der Waals surface area (Å²) in [6.45, 7) is 1.74. The highest BCUT2D eigenvalue weighted by molar-refractivity contribution is 7.92. The maximum absolute atomic E-state index is 13.4. The van der Waals surface area contributed by atoms with Crippen molar-refractivity contribution in [1.29, 1.82) is 0 Å². The molecule has 0 spiro atoms. The number of nitrogens with one attached hydrogen (secondary N) is 1. The zero-order chi connectivity index (χ0) is 21.9. The molecule has 1 saturated heterocycles. The number of halogens is 1. The Morgan fingerprint density at radius 1 is 1.33 bits per heavy atom. The second-order valence-electron chi connectivity index (χ2n) is 7.19. The van der Waals surface area contributed by atoms with E-state index in [1.807, 2.05) is 6.92 Å². The molecule has 1 aliphatic heterocycles. The van der Waals surface area contributed by atoms with Crippen molar-refractivity contribution in [2.45, 2.75) is 35.6 Å². The molecule has 1 aliphatic rings. The van der Waals surface area contributed by atoms with Gasteiger partial charge in [0.2, 0.25) is 0 Å². The zero-order valence-corrected chi connectivity index (χ0v) is 17.1. The van der Waals surface area contributed by atoms with Gasteiger partial charge in [-0.15, -0.1) is 0 Å². The van der Waals surface area contributed by atoms with E-state index in [0.29, 0.717) is 11.3 Å². The van der Waals surface area contributed by atoms with Crippen molar-refractivity contribution in [2.75, 3.05) is 13.2 Å². The van der Waals surface area contributed by atoms with Crippen LogP contribution in [0.5, 0.6) is 5.75 Å². The average Bonchev–Trinajstić information content (AvgIpc) is 2.74. The number of carbonyl (C=O) groups is 1. The molecule has 4 N–H and O–H groups in total. The topological polar surface area (TPSA) is 128 Å². The molecule has 30 heavy (non-hydrogen) atoms. The predicted octanol–water partition coefficient (Wildman–Crippen LogP) is 1.48. The smallest absolute Gasteiger partial charge is 0.267 e. The van der Waals surface area contributed by atoms with Crippen LogP contribution in [-0.2, 0) is 26.0 Å². The molecule has 2 aromatic carbocycles. The third-order valence-corrected chi connectivity index (χ3v) is 7.53. The summed E-state index contributed by atoms with van der Waals surface area (Å²) in [5.41, 5.74) is 7.07. The number of amides is 1. The van der Waals surface area contributed by atoms with Gasteiger partial charge in [-0.05, 0) is 60.9 Å². The molecule has 1 amide bonds. The van der Waals surface area contributed by atoms with Crippen LogP contribution in [0.3, 0.4) is 0 Å². The minimum atomic E-state index is -4.00. The first-order chi connectivity index (χ1) is 14.2. The Kier molecular flexibility index (Phi) is 6.41. The monoisotopic (exact) mass is 438 g/mol. The highest BCUT2D eigenvalue weighted by Gasteiger charge is 2.51. The minimum Gasteiger partial charge on any atom is -0.489 e. The van der Waals surface area contributed by atoms with Crippen molar-refractivity contribution in [3.63, 3.8) is 0 Å². The van der Waals surface area contributed by atoms with E-state index in [9.17, 15) is 17.6 Å². The Morgan fingerprint density at radius 3 is 2.70 bits per heavy atom. The van der Waals surface area contributed by atoms with Gasteiger partial charge < -0.3 is 15.2 Å². The number of hydrogen-bond donors (Lipinski definition) is 3. The fraction of sp³-hybridized carbons (Fsp3) is 0.350. The van der Waals surface area contributed by atoms with E-state index in [0.717, 1.165) is 5.56 Å². The van der Waals surface area contributed by atoms with Crippen molar-refractivity contribution < 1.29 is 32.3 Å². The maximum atomic E-state index is 13.4. The number of carbonyl (C=O) groups excluding carboxylic acids is 1. The second-order valence-corrected chi connectivity index (χ2v) is 9.32. The molecule has 162 valence electrons. The maximum Gasteiger partial charge on any atom is 0.267 e. The van der Waals surface area contributed by atoms with E-state index in [4.69, 9.17) is 20.4 Å². The summed E-state index contributed by atoms with van der Waals surface area (Å²) in [6, 6.07) is 10.1. The molecule has 0 radical (unpaired) electrons. The quantitative estimate of drug-likeness (QED) is 0.460. The zero-order valence-electron chi connectivity index (χ0n) is 16.3. The molecule has 1 heterocycles. The Morgan fingerprint density at radius 2 is 2.03 bits per heavy atom. The number of ether oxygens (including phenoxy) is 2. The van der Waals surface area contributed by atoms with Crippen molar-refractivity contribution in [2.24, 2.45) is 5.73 Å². The van der Waals surface area contributed by atoms with Crippen molar-refractivity contribution >= 4 is 15.7 Å². The number of rotatable bonds is 6. The Labute approximate surface area is 173 Å². The highest BCUT2D eigenvalue weighted by Crippen LogP contribution is 2.30. The lowest BCUT2D eigenvalue weighted by Gasteiger charge is -2.38. The van der Waals surface area contributed by atoms with E-state index < -0.39 is 26.5 Å². The van der Waals surface area contributed by atoms with E-state index in [1.165, 1.54) is 41.9 Å². The van der Waals surface area contributed by atoms with Crippen LogP contribution in [0.25, 0.3) is 0 Å². The summed E-state index contributed by atoms with van der Waals surface area (Å²) >= 11 is 0. The molecular weight excluding hydrogens is 415 g/mol. The van der Waals surface area contributed by atoms with Gasteiger partial charge in [0.1, 0.15) is 23.7 Å². The molecular formula is C20H23FN2O6S. The van der Waals surface area contributed by atoms with Crippen LogP contribution < -0.4 is 16.0 Å². The highest BCUT2D eigenvalue weighted by atomic mass is 32.2.